The number of anilines is 4. The number of rotatable bonds is 8. The summed E-state index contributed by atoms with van der Waals surface area (Å²) in [6.45, 7) is 14.0. The van der Waals surface area contributed by atoms with Crippen LogP contribution in [0, 0.1) is 52.3 Å². The molecule has 0 bridgehead atoms. The molecule has 4 aliphatic carbocycles. The van der Waals surface area contributed by atoms with Crippen LogP contribution >= 0.6 is 0 Å². The third-order valence-electron chi connectivity index (χ3n) is 13.2. The van der Waals surface area contributed by atoms with Crippen molar-refractivity contribution < 1.29 is 14.3 Å². The molecule has 268 valence electrons. The van der Waals surface area contributed by atoms with E-state index in [0.717, 1.165) is 54.8 Å². The Morgan fingerprint density at radius 3 is 1.92 bits per heavy atom. The summed E-state index contributed by atoms with van der Waals surface area (Å²) in [4.78, 5) is 23.7. The summed E-state index contributed by atoms with van der Waals surface area (Å²) in [5.41, 5.74) is 26.6. The number of ketones is 1. The molecule has 4 aliphatic rings. The van der Waals surface area contributed by atoms with Crippen molar-refractivity contribution in [3.8, 4) is 0 Å². The number of fused-ring (bicyclic) bond motifs is 5. The molecular weight excluding hydrogens is 608 g/mol. The van der Waals surface area contributed by atoms with Crippen molar-refractivity contribution >= 4 is 34.5 Å². The van der Waals surface area contributed by atoms with Gasteiger partial charge >= 0.3 is 5.97 Å². The van der Waals surface area contributed by atoms with Gasteiger partial charge in [-0.05, 0) is 141 Å². The van der Waals surface area contributed by atoms with E-state index in [1.807, 2.05) is 0 Å². The first-order valence-electron chi connectivity index (χ1n) is 18.8. The maximum absolute atomic E-state index is 12.9. The van der Waals surface area contributed by atoms with Crippen LogP contribution in [0.25, 0.3) is 0 Å². The summed E-state index contributed by atoms with van der Waals surface area (Å²) in [5, 5.41) is 0. The van der Waals surface area contributed by atoms with Crippen LogP contribution in [0.1, 0.15) is 126 Å². The van der Waals surface area contributed by atoms with E-state index in [1.165, 1.54) is 51.9 Å². The van der Waals surface area contributed by atoms with Gasteiger partial charge in [0.25, 0.3) is 0 Å². The summed E-state index contributed by atoms with van der Waals surface area (Å²) >= 11 is 0. The number of ether oxygens (including phenoxy) is 1. The van der Waals surface area contributed by atoms with Gasteiger partial charge in [-0.3, -0.25) is 4.79 Å². The van der Waals surface area contributed by atoms with Crippen LogP contribution in [-0.2, 0) is 4.74 Å². The smallest absolute Gasteiger partial charge is 0.338 e. The van der Waals surface area contributed by atoms with Gasteiger partial charge in [0.1, 0.15) is 6.10 Å². The minimum absolute atomic E-state index is 0.0241. The molecule has 2 aromatic carbocycles. The fraction of sp³-hybridized carbons (Fsp3) is 0.619. The molecule has 2 aromatic rings. The van der Waals surface area contributed by atoms with Crippen molar-refractivity contribution in [3.05, 3.63) is 59.7 Å². The Kier molecular flexibility index (Phi) is 11.1. The molecule has 7 nitrogen and oxygen atoms in total. The van der Waals surface area contributed by atoms with Crippen LogP contribution in [0.5, 0.6) is 0 Å². The van der Waals surface area contributed by atoms with Crippen LogP contribution in [0.15, 0.2) is 48.6 Å². The second-order valence-electron chi connectivity index (χ2n) is 17.0. The number of Topliss-reactive ketones (excluding diaryl/α,β-unsaturated/α-hetero) is 1. The van der Waals surface area contributed by atoms with E-state index in [2.05, 4.69) is 46.8 Å². The van der Waals surface area contributed by atoms with Gasteiger partial charge in [0.2, 0.25) is 0 Å². The maximum atomic E-state index is 12.9. The fourth-order valence-corrected chi connectivity index (χ4v) is 10.6. The molecule has 9 atom stereocenters. The lowest BCUT2D eigenvalue weighted by Gasteiger charge is -2.59. The third kappa shape index (κ3) is 7.97. The van der Waals surface area contributed by atoms with Gasteiger partial charge in [0, 0.05) is 28.3 Å². The summed E-state index contributed by atoms with van der Waals surface area (Å²) < 4.78 is 6.01. The molecule has 6 rings (SSSR count). The zero-order valence-corrected chi connectivity index (χ0v) is 30.8. The van der Waals surface area contributed by atoms with Gasteiger partial charge in [0.05, 0.1) is 5.56 Å². The van der Waals surface area contributed by atoms with Crippen molar-refractivity contribution in [2.75, 3.05) is 22.9 Å². The highest BCUT2D eigenvalue weighted by molar-refractivity contribution is 5.96. The summed E-state index contributed by atoms with van der Waals surface area (Å²) in [6, 6.07) is 9.83. The van der Waals surface area contributed by atoms with Crippen molar-refractivity contribution in [3.63, 3.8) is 0 Å². The predicted octanol–water partition coefficient (Wildman–Crippen LogP) is 9.33. The number of esters is 1. The molecule has 0 aliphatic heterocycles. The predicted molar refractivity (Wildman–Crippen MR) is 203 cm³/mol. The van der Waals surface area contributed by atoms with Crippen molar-refractivity contribution in [2.24, 2.45) is 52.3 Å². The molecule has 3 saturated carbocycles. The first-order chi connectivity index (χ1) is 23.1. The first kappa shape index (κ1) is 36.8. The lowest BCUT2D eigenvalue weighted by molar-refractivity contribution is -0.0844. The second-order valence-corrected chi connectivity index (χ2v) is 17.0. The molecule has 0 aromatic heterocycles. The normalized spacial score (nSPS) is 32.2. The number of nitrogen functional groups attached to an aromatic ring is 4. The van der Waals surface area contributed by atoms with E-state index in [9.17, 15) is 9.59 Å². The van der Waals surface area contributed by atoms with E-state index in [-0.39, 0.29) is 17.9 Å². The van der Waals surface area contributed by atoms with Crippen LogP contribution < -0.4 is 22.9 Å². The zero-order chi connectivity index (χ0) is 35.7. The summed E-state index contributed by atoms with van der Waals surface area (Å²) in [5.74, 6) is 5.02. The Hall–Kier alpha value is -3.48. The molecule has 3 fully saturated rings. The quantitative estimate of drug-likeness (QED) is 0.0947. The Bertz CT molecular complexity index is 1500. The zero-order valence-electron chi connectivity index (χ0n) is 30.8. The van der Waals surface area contributed by atoms with Crippen LogP contribution in [-0.4, -0.2) is 17.9 Å². The lowest BCUT2D eigenvalue weighted by atomic mass is 9.46. The number of hydrogen-bond acceptors (Lipinski definition) is 7. The van der Waals surface area contributed by atoms with E-state index < -0.39 is 0 Å². The third-order valence-corrected chi connectivity index (χ3v) is 13.2. The van der Waals surface area contributed by atoms with Gasteiger partial charge in [-0.25, -0.2) is 4.79 Å². The standard InChI is InChI=1S/C34H52N2O2.C8H10N2O/c1-21(2)7-6-8-22(3)29-11-12-30-28-10-9-24-19-27(38-32(37)23-17-25(35)20-26(36)18-23)13-15-33(24,4)31(28)14-16-34(29,30)5;1-5(11)6-2-7(9)4-8(10)3-6/h9-10,17-18,20-22,24,27-31H,6-8,11-16,19,35-36H2,1-5H3;2-4H,9-10H2,1H3. The number of benzene rings is 2. The van der Waals surface area contributed by atoms with E-state index in [0.29, 0.717) is 50.6 Å². The molecule has 0 saturated heterocycles. The van der Waals surface area contributed by atoms with Crippen LogP contribution in [0.4, 0.5) is 22.7 Å². The number of carbonyl (C=O) groups is 2. The van der Waals surface area contributed by atoms with Gasteiger partial charge in [0.15, 0.2) is 5.78 Å². The van der Waals surface area contributed by atoms with Gasteiger partial charge in [-0.1, -0.05) is 66.0 Å². The molecule has 0 heterocycles. The lowest BCUT2D eigenvalue weighted by Crippen LogP contribution is -2.52. The number of nitrogens with two attached hydrogens (primary N) is 4. The Labute approximate surface area is 295 Å². The molecule has 0 radical (unpaired) electrons. The highest BCUT2D eigenvalue weighted by atomic mass is 16.5. The number of allylic oxidation sites excluding steroid dienone is 2. The highest BCUT2D eigenvalue weighted by Crippen LogP contribution is 2.67. The minimum Gasteiger partial charge on any atom is -0.459 e. The van der Waals surface area contributed by atoms with Crippen LogP contribution in [0.3, 0.4) is 0 Å². The number of carbonyl (C=O) groups excluding carboxylic acids is 2. The Balaban J connectivity index is 0.000000363. The van der Waals surface area contributed by atoms with Crippen LogP contribution in [0.2, 0.25) is 0 Å². The fourth-order valence-electron chi connectivity index (χ4n) is 10.6. The monoisotopic (exact) mass is 670 g/mol. The number of hydrogen-bond donors (Lipinski definition) is 4. The topological polar surface area (TPSA) is 147 Å². The van der Waals surface area contributed by atoms with Gasteiger partial charge in [-0.2, -0.15) is 0 Å². The summed E-state index contributed by atoms with van der Waals surface area (Å²) in [7, 11) is 0. The van der Waals surface area contributed by atoms with Gasteiger partial charge < -0.3 is 27.7 Å². The Morgan fingerprint density at radius 2 is 1.33 bits per heavy atom. The van der Waals surface area contributed by atoms with E-state index in [4.69, 9.17) is 27.7 Å². The molecule has 7 heteroatoms. The molecular formula is C42H62N4O3. The average molecular weight is 671 g/mol. The first-order valence-corrected chi connectivity index (χ1v) is 18.8. The molecule has 0 amide bonds. The largest absolute Gasteiger partial charge is 0.459 e. The summed E-state index contributed by atoms with van der Waals surface area (Å²) in [6.07, 6.45) is 17.9. The second kappa shape index (κ2) is 14.8. The highest BCUT2D eigenvalue weighted by Gasteiger charge is 2.59. The van der Waals surface area contributed by atoms with Crippen molar-refractivity contribution in [1.29, 1.82) is 0 Å². The van der Waals surface area contributed by atoms with Crippen molar-refractivity contribution in [2.45, 2.75) is 112 Å². The van der Waals surface area contributed by atoms with E-state index in [1.54, 1.807) is 36.4 Å². The SMILES string of the molecule is CC(=O)c1cc(N)cc(N)c1.CC(C)CCCC(C)C1CCC2C3C=CC4CC(OC(=O)c5cc(N)cc(N)c5)CCC4(C)C3CCC12C. The van der Waals surface area contributed by atoms with Gasteiger partial charge in [-0.15, -0.1) is 0 Å². The Morgan fingerprint density at radius 1 is 0.755 bits per heavy atom. The maximum Gasteiger partial charge on any atom is 0.338 e. The molecule has 8 N–H and O–H groups in total. The molecule has 49 heavy (non-hydrogen) atoms. The van der Waals surface area contributed by atoms with E-state index >= 15 is 0 Å². The van der Waals surface area contributed by atoms with Crippen molar-refractivity contribution in [1.82, 2.24) is 0 Å². The minimum atomic E-state index is -0.303. The molecule has 9 unspecified atom stereocenters. The molecule has 0 spiro atoms. The average Bonchev–Trinajstić information content (AvgIpc) is 3.37.